The van der Waals surface area contributed by atoms with Gasteiger partial charge in [0.05, 0.1) is 12.0 Å². The summed E-state index contributed by atoms with van der Waals surface area (Å²) in [6.07, 6.45) is 6.63. The molecule has 3 atom stereocenters. The van der Waals surface area contributed by atoms with Crippen LogP contribution in [0, 0.1) is 17.2 Å². The lowest BCUT2D eigenvalue weighted by Gasteiger charge is -2.30. The minimum absolute atomic E-state index is 0.169. The third-order valence-electron chi connectivity index (χ3n) is 4.54. The van der Waals surface area contributed by atoms with E-state index in [2.05, 4.69) is 11.4 Å². The van der Waals surface area contributed by atoms with Gasteiger partial charge in [-0.05, 0) is 55.4 Å². The number of hydrogen-bond acceptors (Lipinski definition) is 3. The van der Waals surface area contributed by atoms with Gasteiger partial charge in [-0.3, -0.25) is 0 Å². The molecule has 1 aromatic rings. The molecule has 0 heterocycles. The minimum atomic E-state index is 0.169. The fourth-order valence-corrected chi connectivity index (χ4v) is 3.55. The van der Waals surface area contributed by atoms with Crippen molar-refractivity contribution < 1.29 is 5.11 Å². The Morgan fingerprint density at radius 1 is 1.21 bits per heavy atom. The largest absolute Gasteiger partial charge is 0.508 e. The topological polar surface area (TPSA) is 56.0 Å². The van der Waals surface area contributed by atoms with E-state index in [0.29, 0.717) is 17.8 Å². The fourth-order valence-electron chi connectivity index (χ4n) is 3.55. The third-order valence-corrected chi connectivity index (χ3v) is 4.54. The monoisotopic (exact) mass is 256 g/mol. The normalized spacial score (nSPS) is 29.7. The van der Waals surface area contributed by atoms with E-state index in [1.807, 2.05) is 12.1 Å². The number of hydrogen-bond donors (Lipinski definition) is 2. The molecule has 0 saturated heterocycles. The number of nitriles is 1. The molecule has 1 fully saturated rings. The lowest BCUT2D eigenvalue weighted by atomic mass is 9.86. The van der Waals surface area contributed by atoms with Crippen LogP contribution >= 0.6 is 0 Å². The van der Waals surface area contributed by atoms with E-state index in [9.17, 15) is 10.4 Å². The van der Waals surface area contributed by atoms with E-state index >= 15 is 0 Å². The molecule has 0 radical (unpaired) electrons. The zero-order valence-electron chi connectivity index (χ0n) is 11.1. The van der Waals surface area contributed by atoms with E-state index in [1.165, 1.54) is 11.1 Å². The summed E-state index contributed by atoms with van der Waals surface area (Å²) in [5.74, 6) is 0.526. The molecule has 3 nitrogen and oxygen atoms in total. The summed E-state index contributed by atoms with van der Waals surface area (Å²) in [5.41, 5.74) is 2.57. The van der Waals surface area contributed by atoms with Crippen LogP contribution in [0.5, 0.6) is 5.75 Å². The molecule has 1 saturated carbocycles. The molecule has 100 valence electrons. The van der Waals surface area contributed by atoms with Gasteiger partial charge in [0.25, 0.3) is 0 Å². The third kappa shape index (κ3) is 2.46. The molecule has 2 aliphatic rings. The first-order valence-corrected chi connectivity index (χ1v) is 7.25. The zero-order valence-corrected chi connectivity index (χ0v) is 11.1. The van der Waals surface area contributed by atoms with Crippen LogP contribution in [0.15, 0.2) is 18.2 Å². The predicted molar refractivity (Wildman–Crippen MR) is 73.7 cm³/mol. The first kappa shape index (κ1) is 12.5. The minimum Gasteiger partial charge on any atom is -0.508 e. The van der Waals surface area contributed by atoms with Gasteiger partial charge in [-0.2, -0.15) is 5.26 Å². The molecule has 1 aromatic carbocycles. The first-order chi connectivity index (χ1) is 9.28. The number of nitrogens with zero attached hydrogens (tertiary/aromatic N) is 1. The Morgan fingerprint density at radius 3 is 2.95 bits per heavy atom. The Balaban J connectivity index is 1.78. The predicted octanol–water partition coefficient (Wildman–Crippen LogP) is 3.05. The van der Waals surface area contributed by atoms with Gasteiger partial charge in [0.2, 0.25) is 0 Å². The smallest absolute Gasteiger partial charge is 0.115 e. The maximum absolute atomic E-state index is 9.58. The van der Waals surface area contributed by atoms with Crippen LogP contribution in [-0.4, -0.2) is 11.1 Å². The lowest BCUT2D eigenvalue weighted by Crippen LogP contribution is -2.36. The van der Waals surface area contributed by atoms with Gasteiger partial charge >= 0.3 is 0 Å². The van der Waals surface area contributed by atoms with Crippen LogP contribution < -0.4 is 5.32 Å². The van der Waals surface area contributed by atoms with Crippen molar-refractivity contribution in [2.24, 2.45) is 5.92 Å². The molecule has 2 N–H and O–H groups in total. The number of fused-ring (bicyclic) bond motifs is 1. The first-order valence-electron chi connectivity index (χ1n) is 7.25. The highest BCUT2D eigenvalue weighted by Crippen LogP contribution is 2.34. The van der Waals surface area contributed by atoms with Gasteiger partial charge < -0.3 is 10.4 Å². The Morgan fingerprint density at radius 2 is 2.11 bits per heavy atom. The SMILES string of the molecule is N#CC1CCCC1NC1CCCc2cc(O)ccc21. The van der Waals surface area contributed by atoms with Crippen LogP contribution in [0.4, 0.5) is 0 Å². The highest BCUT2D eigenvalue weighted by Gasteiger charge is 2.30. The molecule has 3 heteroatoms. The van der Waals surface area contributed by atoms with Gasteiger partial charge in [-0.15, -0.1) is 0 Å². The van der Waals surface area contributed by atoms with Crippen molar-refractivity contribution in [2.75, 3.05) is 0 Å². The van der Waals surface area contributed by atoms with Gasteiger partial charge in [0, 0.05) is 12.1 Å². The Hall–Kier alpha value is -1.53. The number of aromatic hydroxyl groups is 1. The number of nitrogens with one attached hydrogen (secondary N) is 1. The molecule has 3 rings (SSSR count). The van der Waals surface area contributed by atoms with E-state index in [0.717, 1.165) is 38.5 Å². The summed E-state index contributed by atoms with van der Waals surface area (Å²) < 4.78 is 0. The summed E-state index contributed by atoms with van der Waals surface area (Å²) in [6.45, 7) is 0. The second-order valence-corrected chi connectivity index (χ2v) is 5.77. The van der Waals surface area contributed by atoms with Crippen molar-refractivity contribution >= 4 is 0 Å². The van der Waals surface area contributed by atoms with Crippen molar-refractivity contribution in [3.63, 3.8) is 0 Å². The van der Waals surface area contributed by atoms with Crippen molar-refractivity contribution in [2.45, 2.75) is 50.6 Å². The molecule has 0 spiro atoms. The van der Waals surface area contributed by atoms with Crippen LogP contribution in [0.1, 0.15) is 49.3 Å². The van der Waals surface area contributed by atoms with Crippen molar-refractivity contribution in [1.82, 2.24) is 5.32 Å². The number of rotatable bonds is 2. The van der Waals surface area contributed by atoms with Gasteiger partial charge in [-0.25, -0.2) is 0 Å². The van der Waals surface area contributed by atoms with Crippen molar-refractivity contribution in [3.05, 3.63) is 29.3 Å². The number of benzene rings is 1. The van der Waals surface area contributed by atoms with Crippen molar-refractivity contribution in [3.8, 4) is 11.8 Å². The number of phenols is 1. The highest BCUT2D eigenvalue weighted by molar-refractivity contribution is 5.38. The van der Waals surface area contributed by atoms with Gasteiger partial charge in [-0.1, -0.05) is 12.5 Å². The maximum atomic E-state index is 9.58. The summed E-state index contributed by atoms with van der Waals surface area (Å²) in [5, 5.41) is 22.4. The maximum Gasteiger partial charge on any atom is 0.115 e. The molecule has 0 aliphatic heterocycles. The Kier molecular flexibility index (Phi) is 3.44. The summed E-state index contributed by atoms with van der Waals surface area (Å²) in [6, 6.07) is 8.83. The lowest BCUT2D eigenvalue weighted by molar-refractivity contribution is 0.368. The van der Waals surface area contributed by atoms with Gasteiger partial charge in [0.15, 0.2) is 0 Å². The molecular weight excluding hydrogens is 236 g/mol. The van der Waals surface area contributed by atoms with Crippen molar-refractivity contribution in [1.29, 1.82) is 5.26 Å². The summed E-state index contributed by atoms with van der Waals surface area (Å²) in [7, 11) is 0. The summed E-state index contributed by atoms with van der Waals surface area (Å²) >= 11 is 0. The highest BCUT2D eigenvalue weighted by atomic mass is 16.3. The molecule has 2 aliphatic carbocycles. The molecule has 3 unspecified atom stereocenters. The average molecular weight is 256 g/mol. The fraction of sp³-hybridized carbons (Fsp3) is 0.562. The van der Waals surface area contributed by atoms with E-state index in [4.69, 9.17) is 0 Å². The molecule has 19 heavy (non-hydrogen) atoms. The van der Waals surface area contributed by atoms with E-state index in [1.54, 1.807) is 6.07 Å². The second-order valence-electron chi connectivity index (χ2n) is 5.77. The van der Waals surface area contributed by atoms with Crippen LogP contribution in [0.2, 0.25) is 0 Å². The average Bonchev–Trinajstić information content (AvgIpc) is 2.86. The molecule has 0 amide bonds. The van der Waals surface area contributed by atoms with Gasteiger partial charge in [0.1, 0.15) is 5.75 Å². The van der Waals surface area contributed by atoms with E-state index < -0.39 is 0 Å². The second kappa shape index (κ2) is 5.22. The summed E-state index contributed by atoms with van der Waals surface area (Å²) in [4.78, 5) is 0. The quantitative estimate of drug-likeness (QED) is 0.855. The number of phenolic OH excluding ortho intramolecular Hbond substituents is 1. The van der Waals surface area contributed by atoms with Crippen LogP contribution in [0.25, 0.3) is 0 Å². The van der Waals surface area contributed by atoms with Crippen LogP contribution in [-0.2, 0) is 6.42 Å². The number of aryl methyl sites for hydroxylation is 1. The molecule has 0 bridgehead atoms. The van der Waals surface area contributed by atoms with Crippen LogP contribution in [0.3, 0.4) is 0 Å². The Bertz CT molecular complexity index is 506. The van der Waals surface area contributed by atoms with E-state index in [-0.39, 0.29) is 5.92 Å². The molecular formula is C16H20N2O. The Labute approximate surface area is 114 Å². The molecule has 0 aromatic heterocycles. The zero-order chi connectivity index (χ0) is 13.2. The standard InChI is InChI=1S/C16H20N2O/c17-10-12-4-2-5-15(12)18-16-6-1-3-11-9-13(19)7-8-14(11)16/h7-9,12,15-16,18-19H,1-6H2.